The van der Waals surface area contributed by atoms with Crippen molar-refractivity contribution in [2.75, 3.05) is 11.9 Å². The van der Waals surface area contributed by atoms with Gasteiger partial charge in [-0.1, -0.05) is 41.9 Å². The SMILES string of the molecule is Cc1ccc(Cl)cc1-c1ccc([C@@H]2[C@@H](c3ccccn3)NC(=S)N2CCC(=O)Nc2ccccc2)o1. The number of pyridine rings is 1. The van der Waals surface area contributed by atoms with Crippen LogP contribution in [0.3, 0.4) is 0 Å². The number of carbonyl (C=O) groups is 1. The zero-order valence-corrected chi connectivity index (χ0v) is 21.2. The van der Waals surface area contributed by atoms with Crippen molar-refractivity contribution in [3.63, 3.8) is 0 Å². The van der Waals surface area contributed by atoms with Crippen LogP contribution in [-0.2, 0) is 4.79 Å². The van der Waals surface area contributed by atoms with E-state index in [9.17, 15) is 4.79 Å². The molecule has 6 nitrogen and oxygen atoms in total. The maximum Gasteiger partial charge on any atom is 0.226 e. The smallest absolute Gasteiger partial charge is 0.226 e. The highest BCUT2D eigenvalue weighted by atomic mass is 35.5. The lowest BCUT2D eigenvalue weighted by Crippen LogP contribution is -2.32. The Bertz CT molecular complexity index is 1380. The van der Waals surface area contributed by atoms with Crippen molar-refractivity contribution in [2.45, 2.75) is 25.4 Å². The van der Waals surface area contributed by atoms with Crippen LogP contribution in [0.1, 0.15) is 35.5 Å². The summed E-state index contributed by atoms with van der Waals surface area (Å²) >= 11 is 12.0. The van der Waals surface area contributed by atoms with E-state index in [1.54, 1.807) is 6.20 Å². The highest BCUT2D eigenvalue weighted by molar-refractivity contribution is 7.80. The fourth-order valence-corrected chi connectivity index (χ4v) is 4.94. The average Bonchev–Trinajstić information content (AvgIpc) is 3.50. The Balaban J connectivity index is 1.42. The summed E-state index contributed by atoms with van der Waals surface area (Å²) in [6.45, 7) is 2.44. The molecule has 2 aromatic heterocycles. The minimum absolute atomic E-state index is 0.0845. The summed E-state index contributed by atoms with van der Waals surface area (Å²) in [4.78, 5) is 19.2. The Labute approximate surface area is 220 Å². The molecule has 0 aliphatic carbocycles. The Morgan fingerprint density at radius 3 is 2.69 bits per heavy atom. The number of halogens is 1. The van der Waals surface area contributed by atoms with Gasteiger partial charge in [0.25, 0.3) is 0 Å². The fraction of sp³-hybridized carbons (Fsp3) is 0.179. The Kier molecular flexibility index (Phi) is 7.02. The number of anilines is 1. The van der Waals surface area contributed by atoms with Gasteiger partial charge in [0, 0.05) is 35.4 Å². The number of thiocarbonyl (C=S) groups is 1. The van der Waals surface area contributed by atoms with Crippen LogP contribution in [0.2, 0.25) is 5.02 Å². The molecule has 0 saturated carbocycles. The summed E-state index contributed by atoms with van der Waals surface area (Å²) in [5.74, 6) is 1.37. The van der Waals surface area contributed by atoms with Gasteiger partial charge in [-0.2, -0.15) is 0 Å². The number of aryl methyl sites for hydroxylation is 1. The van der Waals surface area contributed by atoms with E-state index in [0.29, 0.717) is 16.7 Å². The second kappa shape index (κ2) is 10.5. The molecule has 1 amide bonds. The summed E-state index contributed by atoms with van der Waals surface area (Å²) in [6, 6.07) is 24.4. The lowest BCUT2D eigenvalue weighted by molar-refractivity contribution is -0.116. The van der Waals surface area contributed by atoms with Crippen molar-refractivity contribution in [1.82, 2.24) is 15.2 Å². The molecule has 2 N–H and O–H groups in total. The van der Waals surface area contributed by atoms with E-state index in [2.05, 4.69) is 15.6 Å². The first-order chi connectivity index (χ1) is 17.5. The summed E-state index contributed by atoms with van der Waals surface area (Å²) in [7, 11) is 0. The topological polar surface area (TPSA) is 70.4 Å². The summed E-state index contributed by atoms with van der Waals surface area (Å²) in [6.07, 6.45) is 2.03. The van der Waals surface area contributed by atoms with Crippen molar-refractivity contribution in [2.24, 2.45) is 0 Å². The summed E-state index contributed by atoms with van der Waals surface area (Å²) < 4.78 is 6.39. The number of nitrogens with zero attached hydrogens (tertiary/aromatic N) is 2. The zero-order valence-electron chi connectivity index (χ0n) is 19.6. The van der Waals surface area contributed by atoms with Crippen LogP contribution in [0.4, 0.5) is 5.69 Å². The monoisotopic (exact) mass is 516 g/mol. The Morgan fingerprint density at radius 1 is 1.11 bits per heavy atom. The maximum atomic E-state index is 12.7. The van der Waals surface area contributed by atoms with Crippen LogP contribution in [-0.4, -0.2) is 27.4 Å². The van der Waals surface area contributed by atoms with E-state index < -0.39 is 0 Å². The normalized spacial score (nSPS) is 17.2. The molecule has 8 heteroatoms. The molecule has 5 rings (SSSR count). The van der Waals surface area contributed by atoms with Crippen molar-refractivity contribution in [1.29, 1.82) is 0 Å². The third kappa shape index (κ3) is 5.12. The Hall–Kier alpha value is -3.68. The van der Waals surface area contributed by atoms with Gasteiger partial charge in [0.2, 0.25) is 5.91 Å². The van der Waals surface area contributed by atoms with Crippen molar-refractivity contribution in [3.8, 4) is 11.3 Å². The molecule has 0 unspecified atom stereocenters. The molecule has 182 valence electrons. The van der Waals surface area contributed by atoms with E-state index in [-0.39, 0.29) is 24.4 Å². The molecular weight excluding hydrogens is 492 g/mol. The number of carbonyl (C=O) groups excluding carboxylic acids is 1. The maximum absolute atomic E-state index is 12.7. The number of furan rings is 1. The van der Waals surface area contributed by atoms with Crippen molar-refractivity contribution in [3.05, 3.63) is 107 Å². The van der Waals surface area contributed by atoms with E-state index >= 15 is 0 Å². The van der Waals surface area contributed by atoms with Crippen LogP contribution in [0.25, 0.3) is 11.3 Å². The van der Waals surface area contributed by atoms with Gasteiger partial charge < -0.3 is 20.0 Å². The first-order valence-corrected chi connectivity index (χ1v) is 12.5. The van der Waals surface area contributed by atoms with Gasteiger partial charge in [-0.25, -0.2) is 0 Å². The lowest BCUT2D eigenvalue weighted by Gasteiger charge is -2.25. The number of hydrogen-bond donors (Lipinski definition) is 2. The van der Waals surface area contributed by atoms with Gasteiger partial charge in [-0.05, 0) is 73.2 Å². The van der Waals surface area contributed by atoms with E-state index in [4.69, 9.17) is 28.2 Å². The molecule has 1 aliphatic heterocycles. The molecule has 2 aromatic carbocycles. The highest BCUT2D eigenvalue weighted by Gasteiger charge is 2.41. The van der Waals surface area contributed by atoms with Gasteiger partial charge in [0.05, 0.1) is 11.7 Å². The average molecular weight is 517 g/mol. The van der Waals surface area contributed by atoms with Crippen LogP contribution in [0.15, 0.2) is 89.5 Å². The molecule has 1 aliphatic rings. The van der Waals surface area contributed by atoms with Crippen LogP contribution >= 0.6 is 23.8 Å². The molecule has 0 radical (unpaired) electrons. The van der Waals surface area contributed by atoms with Crippen LogP contribution in [0.5, 0.6) is 0 Å². The number of nitrogens with one attached hydrogen (secondary N) is 2. The fourth-order valence-electron chi connectivity index (χ4n) is 4.44. The van der Waals surface area contributed by atoms with E-state index in [1.165, 1.54) is 0 Å². The number of aromatic nitrogens is 1. The minimum atomic E-state index is -0.273. The summed E-state index contributed by atoms with van der Waals surface area (Å²) in [5.41, 5.74) is 3.61. The largest absolute Gasteiger partial charge is 0.459 e. The van der Waals surface area contributed by atoms with E-state index in [0.717, 1.165) is 34.0 Å². The van der Waals surface area contributed by atoms with Gasteiger partial charge in [-0.15, -0.1) is 0 Å². The third-order valence-corrected chi connectivity index (χ3v) is 6.81. The van der Waals surface area contributed by atoms with E-state index in [1.807, 2.05) is 90.7 Å². The molecular formula is C28H25ClN4O2S. The number of rotatable bonds is 7. The molecule has 1 fully saturated rings. The molecule has 1 saturated heterocycles. The molecule has 0 bridgehead atoms. The number of hydrogen-bond acceptors (Lipinski definition) is 4. The Morgan fingerprint density at radius 2 is 1.92 bits per heavy atom. The number of benzene rings is 2. The van der Waals surface area contributed by atoms with Crippen molar-refractivity contribution >= 4 is 40.5 Å². The standard InChI is InChI=1S/C28H25ClN4O2S/c1-18-10-11-19(29)17-21(18)23-12-13-24(35-23)27-26(22-9-5-6-15-30-22)32-28(36)33(27)16-14-25(34)31-20-7-3-2-4-8-20/h2-13,15,17,26-27H,14,16H2,1H3,(H,31,34)(H,32,36)/t26-,27-/m1/s1. The zero-order chi connectivity index (χ0) is 25.1. The molecule has 4 aromatic rings. The third-order valence-electron chi connectivity index (χ3n) is 6.22. The summed E-state index contributed by atoms with van der Waals surface area (Å²) in [5, 5.41) is 7.54. The predicted molar refractivity (Wildman–Crippen MR) is 146 cm³/mol. The van der Waals surface area contributed by atoms with Crippen molar-refractivity contribution < 1.29 is 9.21 Å². The second-order valence-corrected chi connectivity index (χ2v) is 9.47. The van der Waals surface area contributed by atoms with Crippen LogP contribution < -0.4 is 10.6 Å². The molecule has 36 heavy (non-hydrogen) atoms. The number of para-hydroxylation sites is 1. The van der Waals surface area contributed by atoms with Gasteiger partial charge in [-0.3, -0.25) is 9.78 Å². The van der Waals surface area contributed by atoms with Gasteiger partial charge in [0.1, 0.15) is 17.6 Å². The molecule has 3 heterocycles. The first-order valence-electron chi connectivity index (χ1n) is 11.7. The van der Waals surface area contributed by atoms with Gasteiger partial charge >= 0.3 is 0 Å². The predicted octanol–water partition coefficient (Wildman–Crippen LogP) is 6.30. The van der Waals surface area contributed by atoms with Gasteiger partial charge in [0.15, 0.2) is 5.11 Å². The number of amides is 1. The second-order valence-electron chi connectivity index (χ2n) is 8.65. The minimum Gasteiger partial charge on any atom is -0.459 e. The molecule has 2 atom stereocenters. The first kappa shape index (κ1) is 24.0. The van der Waals surface area contributed by atoms with Crippen LogP contribution in [0, 0.1) is 6.92 Å². The molecule has 0 spiro atoms. The quantitative estimate of drug-likeness (QED) is 0.281. The lowest BCUT2D eigenvalue weighted by atomic mass is 10.0. The highest BCUT2D eigenvalue weighted by Crippen LogP contribution is 2.41.